The van der Waals surface area contributed by atoms with Crippen LogP contribution in [0, 0.1) is 0 Å². The van der Waals surface area contributed by atoms with Crippen molar-refractivity contribution in [2.75, 3.05) is 24.1 Å². The Morgan fingerprint density at radius 3 is 2.75 bits per heavy atom. The quantitative estimate of drug-likeness (QED) is 0.773. The van der Waals surface area contributed by atoms with Crippen molar-refractivity contribution in [3.8, 4) is 0 Å². The number of alkyl halides is 3. The van der Waals surface area contributed by atoms with Gasteiger partial charge in [0.2, 0.25) is 0 Å². The molecule has 2 rings (SSSR count). The Bertz CT molecular complexity index is 521. The Morgan fingerprint density at radius 1 is 1.55 bits per heavy atom. The minimum atomic E-state index is -4.49. The summed E-state index contributed by atoms with van der Waals surface area (Å²) in [5.41, 5.74) is 4.50. The molecular formula is C11H13F3N4O2. The van der Waals surface area contributed by atoms with Crippen LogP contribution < -0.4 is 11.1 Å². The maximum atomic E-state index is 12.5. The van der Waals surface area contributed by atoms with Gasteiger partial charge in [-0.15, -0.1) is 0 Å². The topological polar surface area (TPSA) is 91.5 Å². The van der Waals surface area contributed by atoms with E-state index in [0.717, 1.165) is 6.07 Å². The van der Waals surface area contributed by atoms with Crippen LogP contribution in [-0.4, -0.2) is 40.2 Å². The van der Waals surface area contributed by atoms with Crippen LogP contribution in [0.4, 0.5) is 29.5 Å². The average molecular weight is 290 g/mol. The molecule has 1 unspecified atom stereocenters. The number of carboxylic acid groups (broad SMARTS) is 1. The third-order valence-corrected chi connectivity index (χ3v) is 3.04. The molecule has 9 heteroatoms. The number of amides is 1. The fourth-order valence-electron chi connectivity index (χ4n) is 2.00. The number of halogens is 3. The van der Waals surface area contributed by atoms with E-state index in [0.29, 0.717) is 19.2 Å². The highest BCUT2D eigenvalue weighted by atomic mass is 19.4. The molecule has 20 heavy (non-hydrogen) atoms. The van der Waals surface area contributed by atoms with E-state index >= 15 is 0 Å². The van der Waals surface area contributed by atoms with E-state index in [4.69, 9.17) is 10.8 Å². The number of nitrogens with one attached hydrogen (secondary N) is 1. The molecule has 1 aromatic rings. The fraction of sp³-hybridized carbons (Fsp3) is 0.455. The molecule has 1 saturated heterocycles. The van der Waals surface area contributed by atoms with E-state index in [1.54, 1.807) is 0 Å². The van der Waals surface area contributed by atoms with Crippen LogP contribution in [0.1, 0.15) is 12.0 Å². The number of nitrogens with two attached hydrogens (primary N) is 1. The predicted octanol–water partition coefficient (Wildman–Crippen LogP) is 1.85. The lowest BCUT2D eigenvalue weighted by Crippen LogP contribution is -2.30. The van der Waals surface area contributed by atoms with Crippen molar-refractivity contribution in [2.45, 2.75) is 18.6 Å². The fourth-order valence-corrected chi connectivity index (χ4v) is 2.00. The minimum Gasteiger partial charge on any atom is -0.465 e. The molecular weight excluding hydrogens is 277 g/mol. The van der Waals surface area contributed by atoms with Gasteiger partial charge in [0.25, 0.3) is 0 Å². The molecule has 0 spiro atoms. The second-order valence-corrected chi connectivity index (χ2v) is 4.52. The smallest absolute Gasteiger partial charge is 0.417 e. The maximum Gasteiger partial charge on any atom is 0.417 e. The van der Waals surface area contributed by atoms with E-state index in [-0.39, 0.29) is 24.1 Å². The molecule has 4 N–H and O–H groups in total. The second kappa shape index (κ2) is 5.06. The number of rotatable bonds is 2. The third kappa shape index (κ3) is 3.03. The van der Waals surface area contributed by atoms with Crippen molar-refractivity contribution < 1.29 is 23.1 Å². The van der Waals surface area contributed by atoms with Gasteiger partial charge in [0.05, 0.1) is 11.3 Å². The van der Waals surface area contributed by atoms with Gasteiger partial charge in [0.1, 0.15) is 5.82 Å². The van der Waals surface area contributed by atoms with Crippen molar-refractivity contribution in [2.24, 2.45) is 0 Å². The van der Waals surface area contributed by atoms with Crippen LogP contribution in [0.2, 0.25) is 0 Å². The Morgan fingerprint density at radius 2 is 2.25 bits per heavy atom. The summed E-state index contributed by atoms with van der Waals surface area (Å²) in [4.78, 5) is 15.6. The molecule has 0 bridgehead atoms. The first kappa shape index (κ1) is 14.2. The first-order valence-electron chi connectivity index (χ1n) is 5.84. The third-order valence-electron chi connectivity index (χ3n) is 3.04. The number of hydrogen-bond acceptors (Lipinski definition) is 4. The minimum absolute atomic E-state index is 0.117. The summed E-state index contributed by atoms with van der Waals surface area (Å²) in [5, 5.41) is 11.7. The number of likely N-dealkylation sites (tertiary alicyclic amines) is 1. The summed E-state index contributed by atoms with van der Waals surface area (Å²) >= 11 is 0. The summed E-state index contributed by atoms with van der Waals surface area (Å²) in [6, 6.07) is 0.594. The molecule has 110 valence electrons. The van der Waals surface area contributed by atoms with Gasteiger partial charge in [-0.25, -0.2) is 9.78 Å². The lowest BCUT2D eigenvalue weighted by atomic mass is 10.2. The molecule has 1 aliphatic rings. The van der Waals surface area contributed by atoms with Crippen LogP contribution >= 0.6 is 0 Å². The lowest BCUT2D eigenvalue weighted by Gasteiger charge is -2.16. The summed E-state index contributed by atoms with van der Waals surface area (Å²) < 4.78 is 37.4. The highest BCUT2D eigenvalue weighted by Gasteiger charge is 2.32. The van der Waals surface area contributed by atoms with Gasteiger partial charge >= 0.3 is 12.3 Å². The number of anilines is 2. The molecule has 0 saturated carbocycles. The number of carbonyl (C=O) groups is 1. The molecule has 1 aromatic heterocycles. The molecule has 0 radical (unpaired) electrons. The molecule has 0 aromatic carbocycles. The standard InChI is InChI=1S/C11H13F3N4O2/c12-11(13,14)6-3-8(15)9(16-4-6)17-7-1-2-18(5-7)10(19)20/h3-4,7H,1-2,5,15H2,(H,16,17)(H,19,20). The van der Waals surface area contributed by atoms with Crippen molar-refractivity contribution in [3.05, 3.63) is 17.8 Å². The van der Waals surface area contributed by atoms with Crippen molar-refractivity contribution in [1.29, 1.82) is 0 Å². The number of hydrogen-bond donors (Lipinski definition) is 3. The molecule has 1 fully saturated rings. The number of pyridine rings is 1. The van der Waals surface area contributed by atoms with Crippen molar-refractivity contribution in [3.63, 3.8) is 0 Å². The Hall–Kier alpha value is -2.19. The number of nitrogen functional groups attached to an aromatic ring is 1. The number of aromatic nitrogens is 1. The molecule has 0 aliphatic carbocycles. The molecule has 1 amide bonds. The van der Waals surface area contributed by atoms with Gasteiger partial charge in [0, 0.05) is 25.3 Å². The van der Waals surface area contributed by atoms with E-state index in [1.165, 1.54) is 4.90 Å². The lowest BCUT2D eigenvalue weighted by molar-refractivity contribution is -0.137. The second-order valence-electron chi connectivity index (χ2n) is 4.52. The van der Waals surface area contributed by atoms with Crippen LogP contribution in [0.15, 0.2) is 12.3 Å². The van der Waals surface area contributed by atoms with Crippen LogP contribution in [0.25, 0.3) is 0 Å². The molecule has 2 heterocycles. The predicted molar refractivity (Wildman–Crippen MR) is 65.3 cm³/mol. The Labute approximate surface area is 112 Å². The average Bonchev–Trinajstić information content (AvgIpc) is 2.79. The van der Waals surface area contributed by atoms with Gasteiger partial charge in [0.15, 0.2) is 0 Å². The van der Waals surface area contributed by atoms with E-state index in [9.17, 15) is 18.0 Å². The van der Waals surface area contributed by atoms with Gasteiger partial charge < -0.3 is 21.1 Å². The summed E-state index contributed by atoms with van der Waals surface area (Å²) in [6.07, 6.45) is -4.27. The van der Waals surface area contributed by atoms with E-state index < -0.39 is 17.8 Å². The monoisotopic (exact) mass is 290 g/mol. The Balaban J connectivity index is 2.06. The van der Waals surface area contributed by atoms with Gasteiger partial charge in [-0.3, -0.25) is 0 Å². The van der Waals surface area contributed by atoms with E-state index in [1.807, 2.05) is 0 Å². The molecule has 1 aliphatic heterocycles. The van der Waals surface area contributed by atoms with Gasteiger partial charge in [-0.05, 0) is 12.5 Å². The molecule has 1 atom stereocenters. The summed E-state index contributed by atoms with van der Waals surface area (Å²) in [5.74, 6) is 0.134. The van der Waals surface area contributed by atoms with Crippen LogP contribution in [0.5, 0.6) is 0 Å². The SMILES string of the molecule is Nc1cc(C(F)(F)F)cnc1NC1CCN(C(=O)O)C1. The first-order chi connectivity index (χ1) is 9.27. The summed E-state index contributed by atoms with van der Waals surface area (Å²) in [6.45, 7) is 0.616. The molecule has 6 nitrogen and oxygen atoms in total. The van der Waals surface area contributed by atoms with E-state index in [2.05, 4.69) is 10.3 Å². The highest BCUT2D eigenvalue weighted by Crippen LogP contribution is 2.31. The zero-order chi connectivity index (χ0) is 14.9. The normalized spacial score (nSPS) is 19.1. The van der Waals surface area contributed by atoms with Crippen molar-refractivity contribution in [1.82, 2.24) is 9.88 Å². The first-order valence-corrected chi connectivity index (χ1v) is 5.84. The van der Waals surface area contributed by atoms with Crippen molar-refractivity contribution >= 4 is 17.6 Å². The largest absolute Gasteiger partial charge is 0.465 e. The van der Waals surface area contributed by atoms with Gasteiger partial charge in [-0.1, -0.05) is 0 Å². The van der Waals surface area contributed by atoms with Crippen LogP contribution in [0.3, 0.4) is 0 Å². The summed E-state index contributed by atoms with van der Waals surface area (Å²) in [7, 11) is 0. The zero-order valence-corrected chi connectivity index (χ0v) is 10.3. The highest BCUT2D eigenvalue weighted by molar-refractivity contribution is 5.66. The van der Waals surface area contributed by atoms with Crippen LogP contribution in [-0.2, 0) is 6.18 Å². The zero-order valence-electron chi connectivity index (χ0n) is 10.3. The number of nitrogens with zero attached hydrogens (tertiary/aromatic N) is 2. The van der Waals surface area contributed by atoms with Gasteiger partial charge in [-0.2, -0.15) is 13.2 Å². The Kier molecular flexibility index (Phi) is 3.60. The maximum absolute atomic E-state index is 12.5.